The van der Waals surface area contributed by atoms with Crippen LogP contribution in [0.3, 0.4) is 0 Å². The molecule has 0 radical (unpaired) electrons. The predicted molar refractivity (Wildman–Crippen MR) is 158 cm³/mol. The van der Waals surface area contributed by atoms with Crippen molar-refractivity contribution in [1.29, 1.82) is 0 Å². The van der Waals surface area contributed by atoms with Gasteiger partial charge < -0.3 is 19.7 Å². The lowest BCUT2D eigenvalue weighted by molar-refractivity contribution is 0.404. The zero-order valence-electron chi connectivity index (χ0n) is 21.4. The van der Waals surface area contributed by atoms with E-state index in [1.165, 1.54) is 27.9 Å². The van der Waals surface area contributed by atoms with Crippen LogP contribution in [0.5, 0.6) is 11.5 Å². The van der Waals surface area contributed by atoms with Gasteiger partial charge in [0, 0.05) is 39.9 Å². The van der Waals surface area contributed by atoms with Gasteiger partial charge in [0.25, 0.3) is 0 Å². The van der Waals surface area contributed by atoms with Crippen molar-refractivity contribution in [3.63, 3.8) is 0 Å². The smallest absolute Gasteiger partial charge is 0.158 e. The van der Waals surface area contributed by atoms with Crippen LogP contribution in [0.15, 0.2) is 115 Å². The van der Waals surface area contributed by atoms with Crippen molar-refractivity contribution in [2.45, 2.75) is 26.3 Å². The summed E-state index contributed by atoms with van der Waals surface area (Å²) in [6, 6.07) is 39.2. The molecule has 0 unspecified atom stereocenters. The average molecular weight is 499 g/mol. The van der Waals surface area contributed by atoms with Crippen molar-refractivity contribution in [3.05, 3.63) is 115 Å². The van der Waals surface area contributed by atoms with E-state index in [1.807, 2.05) is 18.2 Å². The number of rotatable bonds is 7. The Labute approximate surface area is 222 Å². The summed E-state index contributed by atoms with van der Waals surface area (Å²) >= 11 is 0. The minimum absolute atomic E-state index is 0.110. The summed E-state index contributed by atoms with van der Waals surface area (Å²) in [6.07, 6.45) is 2.18. The molecule has 2 N–H and O–H groups in total. The third-order valence-electron chi connectivity index (χ3n) is 7.18. The van der Waals surface area contributed by atoms with Gasteiger partial charge in [-0.2, -0.15) is 0 Å². The highest BCUT2D eigenvalue weighted by Crippen LogP contribution is 2.40. The van der Waals surface area contributed by atoms with Gasteiger partial charge >= 0.3 is 0 Å². The van der Waals surface area contributed by atoms with Gasteiger partial charge in [-0.1, -0.05) is 74.0 Å². The minimum Gasteiger partial charge on any atom is -0.504 e. The molecule has 0 saturated carbocycles. The fourth-order valence-electron chi connectivity index (χ4n) is 5.26. The minimum atomic E-state index is -0.110. The molecule has 1 aromatic heterocycles. The number of aromatic nitrogens is 1. The molecular formula is C34H30N2O2. The molecule has 0 saturated heterocycles. The largest absolute Gasteiger partial charge is 0.504 e. The first-order valence-electron chi connectivity index (χ1n) is 13.1. The molecule has 6 rings (SSSR count). The molecule has 0 aliphatic rings. The summed E-state index contributed by atoms with van der Waals surface area (Å²) in [5.41, 5.74) is 7.58. The van der Waals surface area contributed by atoms with Gasteiger partial charge in [0.05, 0.1) is 5.52 Å². The number of nitrogens with zero attached hydrogens (tertiary/aromatic N) is 2. The van der Waals surface area contributed by atoms with Gasteiger partial charge in [-0.25, -0.2) is 0 Å². The molecule has 1 heterocycles. The van der Waals surface area contributed by atoms with Crippen LogP contribution in [0.25, 0.3) is 32.9 Å². The lowest BCUT2D eigenvalue weighted by Crippen LogP contribution is -2.09. The Balaban J connectivity index is 1.55. The summed E-state index contributed by atoms with van der Waals surface area (Å²) in [7, 11) is 0. The molecule has 0 aliphatic heterocycles. The Morgan fingerprint density at radius 1 is 0.579 bits per heavy atom. The fraction of sp³-hybridized carbons (Fsp3) is 0.118. The van der Waals surface area contributed by atoms with Crippen LogP contribution >= 0.6 is 0 Å². The maximum absolute atomic E-state index is 10.1. The molecule has 5 aromatic carbocycles. The topological polar surface area (TPSA) is 48.6 Å². The van der Waals surface area contributed by atoms with Crippen molar-refractivity contribution >= 4 is 38.9 Å². The second-order valence-corrected chi connectivity index (χ2v) is 9.65. The summed E-state index contributed by atoms with van der Waals surface area (Å²) in [5.74, 6) is -0.221. The number of phenols is 2. The Hall–Kier alpha value is -4.70. The van der Waals surface area contributed by atoms with Crippen molar-refractivity contribution in [1.82, 2.24) is 4.57 Å². The maximum atomic E-state index is 10.1. The molecule has 0 aliphatic carbocycles. The van der Waals surface area contributed by atoms with E-state index in [0.717, 1.165) is 47.6 Å². The van der Waals surface area contributed by atoms with Crippen LogP contribution in [-0.2, 0) is 6.54 Å². The van der Waals surface area contributed by atoms with Gasteiger partial charge in [-0.3, -0.25) is 0 Å². The molecule has 4 heteroatoms. The Morgan fingerprint density at radius 2 is 1.16 bits per heavy atom. The second kappa shape index (κ2) is 9.98. The molecule has 6 aromatic rings. The van der Waals surface area contributed by atoms with Gasteiger partial charge in [0.1, 0.15) is 0 Å². The summed E-state index contributed by atoms with van der Waals surface area (Å²) in [4.78, 5) is 2.30. The first-order valence-corrected chi connectivity index (χ1v) is 13.1. The Bertz CT molecular complexity index is 1680. The molecule has 0 amide bonds. The molecule has 188 valence electrons. The summed E-state index contributed by atoms with van der Waals surface area (Å²) in [5, 5.41) is 22.3. The van der Waals surface area contributed by atoms with E-state index in [2.05, 4.69) is 101 Å². The van der Waals surface area contributed by atoms with Gasteiger partial charge in [-0.05, 0) is 72.1 Å². The van der Waals surface area contributed by atoms with Crippen LogP contribution in [0.1, 0.15) is 19.8 Å². The lowest BCUT2D eigenvalue weighted by Gasteiger charge is -2.25. The van der Waals surface area contributed by atoms with E-state index < -0.39 is 0 Å². The Morgan fingerprint density at radius 3 is 1.79 bits per heavy atom. The van der Waals surface area contributed by atoms with Crippen LogP contribution in [0.4, 0.5) is 17.1 Å². The van der Waals surface area contributed by atoms with E-state index in [4.69, 9.17) is 0 Å². The third kappa shape index (κ3) is 4.24. The van der Waals surface area contributed by atoms with E-state index in [1.54, 1.807) is 6.07 Å². The Kier molecular flexibility index (Phi) is 6.22. The highest BCUT2D eigenvalue weighted by atomic mass is 16.3. The molecule has 4 nitrogen and oxygen atoms in total. The normalized spacial score (nSPS) is 11.3. The highest BCUT2D eigenvalue weighted by Gasteiger charge is 2.17. The number of unbranched alkanes of at least 4 members (excludes halogenated alkanes) is 1. The number of aromatic hydroxyl groups is 2. The van der Waals surface area contributed by atoms with Gasteiger partial charge in [0.15, 0.2) is 11.5 Å². The van der Waals surface area contributed by atoms with E-state index in [9.17, 15) is 10.2 Å². The quantitative estimate of drug-likeness (QED) is 0.216. The molecular weight excluding hydrogens is 468 g/mol. The lowest BCUT2D eigenvalue weighted by atomic mass is 10.0. The van der Waals surface area contributed by atoms with Crippen molar-refractivity contribution in [3.8, 4) is 22.6 Å². The number of benzene rings is 5. The predicted octanol–water partition coefficient (Wildman–Crippen LogP) is 9.14. The van der Waals surface area contributed by atoms with E-state index in [-0.39, 0.29) is 11.5 Å². The summed E-state index contributed by atoms with van der Waals surface area (Å²) < 4.78 is 2.43. The number of fused-ring (bicyclic) bond motifs is 3. The van der Waals surface area contributed by atoms with Crippen LogP contribution in [0, 0.1) is 0 Å². The first kappa shape index (κ1) is 23.7. The molecule has 0 bridgehead atoms. The number of anilines is 3. The zero-order chi connectivity index (χ0) is 26.1. The number of hydrogen-bond donors (Lipinski definition) is 2. The zero-order valence-corrected chi connectivity index (χ0v) is 21.4. The van der Waals surface area contributed by atoms with Gasteiger partial charge in [0.2, 0.25) is 0 Å². The van der Waals surface area contributed by atoms with Crippen LogP contribution in [0.2, 0.25) is 0 Å². The number of para-hydroxylation sites is 2. The average Bonchev–Trinajstić information content (AvgIpc) is 3.26. The summed E-state index contributed by atoms with van der Waals surface area (Å²) in [6.45, 7) is 3.14. The van der Waals surface area contributed by atoms with E-state index in [0.29, 0.717) is 0 Å². The molecule has 0 spiro atoms. The first-order chi connectivity index (χ1) is 18.6. The molecule has 38 heavy (non-hydrogen) atoms. The highest BCUT2D eigenvalue weighted by molar-refractivity contribution is 6.10. The standard InChI is InChI=1S/C34H30N2O2/c1-2-3-20-35-31-21-24(25-15-19-33(37)34(38)22-25)14-17-29(31)30-18-16-28(23-32(30)35)36(26-10-6-4-7-11-26)27-12-8-5-9-13-27/h4-19,21-23,37-38H,2-3,20H2,1H3. The van der Waals surface area contributed by atoms with Crippen molar-refractivity contribution < 1.29 is 10.2 Å². The fourth-order valence-corrected chi connectivity index (χ4v) is 5.26. The van der Waals surface area contributed by atoms with Crippen LogP contribution < -0.4 is 4.90 Å². The molecule has 0 atom stereocenters. The van der Waals surface area contributed by atoms with Crippen molar-refractivity contribution in [2.75, 3.05) is 4.90 Å². The van der Waals surface area contributed by atoms with E-state index >= 15 is 0 Å². The monoisotopic (exact) mass is 498 g/mol. The van der Waals surface area contributed by atoms with Crippen molar-refractivity contribution in [2.24, 2.45) is 0 Å². The maximum Gasteiger partial charge on any atom is 0.158 e. The number of aryl methyl sites for hydroxylation is 1. The molecule has 0 fully saturated rings. The SMILES string of the molecule is CCCCn1c2cc(-c3ccc(O)c(O)c3)ccc2c2ccc(N(c3ccccc3)c3ccccc3)cc21. The second-order valence-electron chi connectivity index (χ2n) is 9.65. The number of phenolic OH excluding ortho intramolecular Hbond substituents is 2. The van der Waals surface area contributed by atoms with Crippen LogP contribution in [-0.4, -0.2) is 14.8 Å². The van der Waals surface area contributed by atoms with Gasteiger partial charge in [-0.15, -0.1) is 0 Å². The third-order valence-corrected chi connectivity index (χ3v) is 7.18. The number of hydrogen-bond acceptors (Lipinski definition) is 3.